The Balaban J connectivity index is 1.62. The largest absolute Gasteiger partial charge is 0.507 e. The van der Waals surface area contributed by atoms with Gasteiger partial charge < -0.3 is 14.9 Å². The maximum absolute atomic E-state index is 10.3. The fraction of sp³-hybridized carbons (Fsp3) is 0.355. The van der Waals surface area contributed by atoms with E-state index in [1.807, 2.05) is 48.5 Å². The number of nitrogens with zero attached hydrogens (tertiary/aromatic N) is 2. The minimum absolute atomic E-state index is 0.00501. The van der Waals surface area contributed by atoms with E-state index in [1.165, 1.54) is 0 Å². The van der Waals surface area contributed by atoms with Crippen molar-refractivity contribution in [3.63, 3.8) is 0 Å². The lowest BCUT2D eigenvalue weighted by Gasteiger charge is -2.51. The van der Waals surface area contributed by atoms with Crippen LogP contribution in [0.4, 0.5) is 0 Å². The van der Waals surface area contributed by atoms with Crippen LogP contribution in [-0.4, -0.2) is 28.4 Å². The number of ether oxygens (including phenoxy) is 1. The van der Waals surface area contributed by atoms with Crippen LogP contribution >= 0.6 is 0 Å². The maximum atomic E-state index is 10.3. The summed E-state index contributed by atoms with van der Waals surface area (Å²) in [5, 5.41) is 20.7. The van der Waals surface area contributed by atoms with Gasteiger partial charge in [0.1, 0.15) is 17.2 Å². The van der Waals surface area contributed by atoms with Crippen LogP contribution in [0.15, 0.2) is 82.8 Å². The highest BCUT2D eigenvalue weighted by Crippen LogP contribution is 2.56. The summed E-state index contributed by atoms with van der Waals surface area (Å²) in [5.41, 5.74) is 1.75. The molecule has 5 heteroatoms. The van der Waals surface area contributed by atoms with Gasteiger partial charge in [-0.1, -0.05) is 63.2 Å². The van der Waals surface area contributed by atoms with Gasteiger partial charge in [-0.15, -0.1) is 0 Å². The first-order valence-electron chi connectivity index (χ1n) is 12.7. The third kappa shape index (κ3) is 4.62. The Morgan fingerprint density at radius 1 is 0.861 bits per heavy atom. The molecular weight excluding hydrogens is 448 g/mol. The molecule has 0 amide bonds. The zero-order chi connectivity index (χ0) is 25.3. The molecule has 1 saturated carbocycles. The second-order valence-corrected chi connectivity index (χ2v) is 11.0. The van der Waals surface area contributed by atoms with Crippen LogP contribution in [0, 0.1) is 17.3 Å². The van der Waals surface area contributed by atoms with Crippen molar-refractivity contribution < 1.29 is 14.9 Å². The van der Waals surface area contributed by atoms with Gasteiger partial charge in [0.15, 0.2) is 0 Å². The fourth-order valence-electron chi connectivity index (χ4n) is 5.59. The zero-order valence-electron chi connectivity index (χ0n) is 21.1. The predicted octanol–water partition coefficient (Wildman–Crippen LogP) is 6.93. The quantitative estimate of drug-likeness (QED) is 0.396. The van der Waals surface area contributed by atoms with E-state index >= 15 is 0 Å². The molecular formula is C31H34N2O3. The van der Waals surface area contributed by atoms with Crippen LogP contribution in [0.2, 0.25) is 0 Å². The minimum atomic E-state index is -0.793. The zero-order valence-corrected chi connectivity index (χ0v) is 21.1. The van der Waals surface area contributed by atoms with E-state index in [0.717, 1.165) is 30.6 Å². The van der Waals surface area contributed by atoms with Crippen molar-refractivity contribution in [2.24, 2.45) is 27.2 Å². The Labute approximate surface area is 213 Å². The molecule has 2 aliphatic rings. The highest BCUT2D eigenvalue weighted by Gasteiger charge is 2.54. The van der Waals surface area contributed by atoms with Gasteiger partial charge in [-0.25, -0.2) is 4.99 Å². The number of fused-ring (bicyclic) bond motifs is 2. The Kier molecular flexibility index (Phi) is 6.33. The molecule has 0 radical (unpaired) electrons. The number of phenolic OH excluding ortho intramolecular Hbond substituents is 2. The van der Waals surface area contributed by atoms with Crippen molar-refractivity contribution in [2.75, 3.05) is 0 Å². The van der Waals surface area contributed by atoms with Crippen LogP contribution in [0.1, 0.15) is 62.8 Å². The van der Waals surface area contributed by atoms with Gasteiger partial charge in [0, 0.05) is 41.5 Å². The first-order valence-corrected chi connectivity index (χ1v) is 12.7. The van der Waals surface area contributed by atoms with Gasteiger partial charge in [-0.2, -0.15) is 0 Å². The van der Waals surface area contributed by atoms with Crippen molar-refractivity contribution in [3.05, 3.63) is 89.5 Å². The summed E-state index contributed by atoms with van der Waals surface area (Å²) in [6.45, 7) is 6.90. The van der Waals surface area contributed by atoms with Crippen LogP contribution in [0.3, 0.4) is 0 Å². The molecule has 1 aliphatic carbocycles. The van der Waals surface area contributed by atoms with Crippen molar-refractivity contribution >= 4 is 12.4 Å². The molecule has 186 valence electrons. The van der Waals surface area contributed by atoms with Gasteiger partial charge in [-0.05, 0) is 54.5 Å². The van der Waals surface area contributed by atoms with E-state index in [4.69, 9.17) is 14.7 Å². The lowest BCUT2D eigenvalue weighted by molar-refractivity contribution is -0.0717. The Morgan fingerprint density at radius 2 is 1.47 bits per heavy atom. The molecule has 0 saturated heterocycles. The first-order chi connectivity index (χ1) is 17.3. The molecule has 1 aliphatic heterocycles. The topological polar surface area (TPSA) is 74.4 Å². The average Bonchev–Trinajstić information content (AvgIpc) is 2.86. The summed E-state index contributed by atoms with van der Waals surface area (Å²) in [4.78, 5) is 10.2. The van der Waals surface area contributed by atoms with E-state index in [0.29, 0.717) is 17.0 Å². The van der Waals surface area contributed by atoms with Crippen molar-refractivity contribution in [3.8, 4) is 17.2 Å². The molecule has 0 aromatic heterocycles. The second-order valence-electron chi connectivity index (χ2n) is 11.0. The number of para-hydroxylation sites is 3. The van der Waals surface area contributed by atoms with E-state index in [1.54, 1.807) is 30.6 Å². The maximum Gasteiger partial charge on any atom is 0.205 e. The normalized spacial score (nSPS) is 25.9. The van der Waals surface area contributed by atoms with Gasteiger partial charge in [0.2, 0.25) is 5.72 Å². The van der Waals surface area contributed by atoms with E-state index in [2.05, 4.69) is 26.8 Å². The number of benzene rings is 3. The summed E-state index contributed by atoms with van der Waals surface area (Å²) in [6, 6.07) is 22.4. The highest BCUT2D eigenvalue weighted by molar-refractivity contribution is 5.84. The molecule has 3 aromatic rings. The van der Waals surface area contributed by atoms with Crippen LogP contribution < -0.4 is 4.74 Å². The third-order valence-electron chi connectivity index (χ3n) is 7.77. The fourth-order valence-corrected chi connectivity index (χ4v) is 5.59. The minimum Gasteiger partial charge on any atom is -0.507 e. The number of hydrogen-bond acceptors (Lipinski definition) is 5. The molecule has 0 bridgehead atoms. The predicted molar refractivity (Wildman–Crippen MR) is 144 cm³/mol. The monoisotopic (exact) mass is 482 g/mol. The molecule has 2 N–H and O–H groups in total. The molecule has 1 fully saturated rings. The van der Waals surface area contributed by atoms with E-state index in [-0.39, 0.29) is 28.9 Å². The average molecular weight is 483 g/mol. The molecule has 1 heterocycles. The Morgan fingerprint density at radius 3 is 2.14 bits per heavy atom. The molecule has 5 rings (SSSR count). The van der Waals surface area contributed by atoms with Crippen LogP contribution in [0.5, 0.6) is 17.2 Å². The van der Waals surface area contributed by atoms with Crippen molar-refractivity contribution in [2.45, 2.75) is 51.8 Å². The van der Waals surface area contributed by atoms with Gasteiger partial charge in [0.05, 0.1) is 6.04 Å². The molecule has 0 unspecified atom stereocenters. The summed E-state index contributed by atoms with van der Waals surface area (Å²) < 4.78 is 6.75. The molecule has 3 aromatic carbocycles. The summed E-state index contributed by atoms with van der Waals surface area (Å²) in [6.07, 6.45) is 6.20. The van der Waals surface area contributed by atoms with Crippen molar-refractivity contribution in [1.29, 1.82) is 0 Å². The van der Waals surface area contributed by atoms with Gasteiger partial charge >= 0.3 is 0 Å². The number of phenols is 2. The van der Waals surface area contributed by atoms with Gasteiger partial charge in [0.25, 0.3) is 0 Å². The summed E-state index contributed by atoms with van der Waals surface area (Å²) in [5.74, 6) is 1.68. The molecule has 0 spiro atoms. The Hall–Kier alpha value is -3.60. The second kappa shape index (κ2) is 9.45. The SMILES string of the molecule is CC(C)(C)[C@H]1CC[C@@]2(N=Cc3ccccc3O)Oc3ccccc3[C@@H](N=Cc3ccccc3O)[C@@H]2C1. The lowest BCUT2D eigenvalue weighted by Crippen LogP contribution is -2.52. The number of rotatable bonds is 4. The van der Waals surface area contributed by atoms with Crippen molar-refractivity contribution in [1.82, 2.24) is 0 Å². The van der Waals surface area contributed by atoms with Crippen LogP contribution in [0.25, 0.3) is 0 Å². The first kappa shape index (κ1) is 24.1. The van der Waals surface area contributed by atoms with Gasteiger partial charge in [-0.3, -0.25) is 4.99 Å². The third-order valence-corrected chi connectivity index (χ3v) is 7.77. The smallest absolute Gasteiger partial charge is 0.205 e. The standard InChI is InChI=1S/C31H34N2O3/c1-30(2,3)23-16-17-31(33-20-22-11-5-8-14-27(22)35)25(18-23)29(24-12-6-9-15-28(24)36-31)32-19-21-10-4-7-13-26(21)34/h4-15,19-20,23,25,29,34-35H,16-18H2,1-3H3/t23-,25-,29+,31+/m0/s1. The van der Waals surface area contributed by atoms with E-state index in [9.17, 15) is 10.2 Å². The number of aromatic hydroxyl groups is 2. The summed E-state index contributed by atoms with van der Waals surface area (Å²) >= 11 is 0. The number of aliphatic imine (C=N–C) groups is 2. The molecule has 36 heavy (non-hydrogen) atoms. The Bertz CT molecular complexity index is 1290. The van der Waals surface area contributed by atoms with Crippen LogP contribution in [-0.2, 0) is 0 Å². The lowest BCUT2D eigenvalue weighted by atomic mass is 9.63. The molecule has 4 atom stereocenters. The summed E-state index contributed by atoms with van der Waals surface area (Å²) in [7, 11) is 0. The van der Waals surface area contributed by atoms with E-state index < -0.39 is 5.72 Å². The molecule has 5 nitrogen and oxygen atoms in total. The number of hydrogen-bond donors (Lipinski definition) is 2. The highest BCUT2D eigenvalue weighted by atomic mass is 16.5.